The molecule has 25 heavy (non-hydrogen) atoms. The van der Waals surface area contributed by atoms with Crippen molar-refractivity contribution in [1.29, 1.82) is 0 Å². The van der Waals surface area contributed by atoms with Gasteiger partial charge in [-0.25, -0.2) is 0 Å². The van der Waals surface area contributed by atoms with E-state index < -0.39 is 11.0 Å². The fourth-order valence-corrected chi connectivity index (χ4v) is 5.31. The van der Waals surface area contributed by atoms with Gasteiger partial charge in [-0.2, -0.15) is 0 Å². The fraction of sp³-hybridized carbons (Fsp3) is 0.450. The normalized spacial score (nSPS) is 37.5. The molecule has 1 aromatic rings. The van der Waals surface area contributed by atoms with E-state index in [-0.39, 0.29) is 31.2 Å². The Morgan fingerprint density at radius 1 is 1.24 bits per heavy atom. The predicted molar refractivity (Wildman–Crippen MR) is 89.2 cm³/mol. The number of rotatable bonds is 3. The number of ketones is 1. The van der Waals surface area contributed by atoms with E-state index in [1.54, 1.807) is 6.08 Å². The van der Waals surface area contributed by atoms with Crippen molar-refractivity contribution < 1.29 is 23.7 Å². The van der Waals surface area contributed by atoms with Crippen molar-refractivity contribution in [2.45, 2.75) is 31.3 Å². The van der Waals surface area contributed by atoms with E-state index in [4.69, 9.17) is 18.9 Å². The van der Waals surface area contributed by atoms with E-state index in [1.165, 1.54) is 0 Å². The van der Waals surface area contributed by atoms with Crippen molar-refractivity contribution in [1.82, 2.24) is 0 Å². The summed E-state index contributed by atoms with van der Waals surface area (Å²) in [5.41, 5.74) is 0.0123. The maximum Gasteiger partial charge on any atom is 0.231 e. The van der Waals surface area contributed by atoms with Crippen LogP contribution in [0.5, 0.6) is 11.5 Å². The molecule has 0 N–H and O–H groups in total. The summed E-state index contributed by atoms with van der Waals surface area (Å²) in [4.78, 5) is 13.2. The maximum atomic E-state index is 13.2. The summed E-state index contributed by atoms with van der Waals surface area (Å²) in [6.07, 6.45) is 4.75. The second-order valence-corrected chi connectivity index (χ2v) is 7.37. The van der Waals surface area contributed by atoms with E-state index in [0.717, 1.165) is 17.1 Å². The summed E-state index contributed by atoms with van der Waals surface area (Å²) in [6.45, 7) is 6.51. The molecule has 0 amide bonds. The highest BCUT2D eigenvalue weighted by molar-refractivity contribution is 5.98. The minimum atomic E-state index is -0.550. The molecular formula is C20H20O5. The topological polar surface area (TPSA) is 54.0 Å². The first-order chi connectivity index (χ1) is 12.1. The van der Waals surface area contributed by atoms with Crippen LogP contribution in [0.3, 0.4) is 0 Å². The van der Waals surface area contributed by atoms with Crippen LogP contribution in [-0.2, 0) is 14.3 Å². The smallest absolute Gasteiger partial charge is 0.231 e. The van der Waals surface area contributed by atoms with Crippen molar-refractivity contribution >= 4 is 5.78 Å². The third kappa shape index (κ3) is 1.74. The molecule has 1 saturated heterocycles. The van der Waals surface area contributed by atoms with E-state index in [0.29, 0.717) is 18.6 Å². The second-order valence-electron chi connectivity index (χ2n) is 7.37. The summed E-state index contributed by atoms with van der Waals surface area (Å²) in [7, 11) is 0. The van der Waals surface area contributed by atoms with Crippen molar-refractivity contribution in [2.75, 3.05) is 13.6 Å². The molecule has 0 aromatic heterocycles. The van der Waals surface area contributed by atoms with Gasteiger partial charge in [-0.3, -0.25) is 4.79 Å². The number of allylic oxidation sites excluding steroid dienone is 2. The van der Waals surface area contributed by atoms with Gasteiger partial charge >= 0.3 is 0 Å². The average molecular weight is 340 g/mol. The Bertz CT molecular complexity index is 812. The minimum Gasteiger partial charge on any atom is -0.469 e. The van der Waals surface area contributed by atoms with E-state index in [9.17, 15) is 4.79 Å². The number of carbonyl (C=O) groups excluding carboxylic acids is 1. The van der Waals surface area contributed by atoms with Gasteiger partial charge in [0.15, 0.2) is 24.1 Å². The quantitative estimate of drug-likeness (QED) is 0.790. The van der Waals surface area contributed by atoms with Crippen LogP contribution in [0.4, 0.5) is 0 Å². The largest absolute Gasteiger partial charge is 0.469 e. The number of carbonyl (C=O) groups is 1. The molecule has 1 saturated carbocycles. The highest BCUT2D eigenvalue weighted by Gasteiger charge is 2.68. The Morgan fingerprint density at radius 3 is 2.92 bits per heavy atom. The Hall–Kier alpha value is -2.27. The monoisotopic (exact) mass is 340 g/mol. The van der Waals surface area contributed by atoms with Crippen LogP contribution in [0.15, 0.2) is 42.7 Å². The van der Waals surface area contributed by atoms with Crippen LogP contribution in [0.25, 0.3) is 0 Å². The first-order valence-corrected chi connectivity index (χ1v) is 8.64. The van der Waals surface area contributed by atoms with E-state index >= 15 is 0 Å². The van der Waals surface area contributed by atoms with Crippen LogP contribution in [-0.4, -0.2) is 25.0 Å². The molecule has 130 valence electrons. The molecule has 4 aliphatic rings. The lowest BCUT2D eigenvalue weighted by molar-refractivity contribution is -0.126. The Kier molecular flexibility index (Phi) is 2.93. The molecule has 5 nitrogen and oxygen atoms in total. The number of ether oxygens (including phenoxy) is 4. The second kappa shape index (κ2) is 4.88. The summed E-state index contributed by atoms with van der Waals surface area (Å²) in [6, 6.07) is 5.98. The first-order valence-electron chi connectivity index (χ1n) is 8.64. The van der Waals surface area contributed by atoms with Gasteiger partial charge in [0.25, 0.3) is 0 Å². The third-order valence-electron chi connectivity index (χ3n) is 6.37. The van der Waals surface area contributed by atoms with Crippen LogP contribution in [0.2, 0.25) is 0 Å². The van der Waals surface area contributed by atoms with Gasteiger partial charge in [-0.1, -0.05) is 19.1 Å². The van der Waals surface area contributed by atoms with Gasteiger partial charge in [0.1, 0.15) is 11.4 Å². The lowest BCUT2D eigenvalue weighted by Crippen LogP contribution is -2.39. The van der Waals surface area contributed by atoms with Crippen molar-refractivity contribution in [3.05, 3.63) is 48.3 Å². The SMILES string of the molecule is C=CCC12CC3(OCOC3=CC1=O)C(C)C2c1ccc2c(c1)OCO2. The summed E-state index contributed by atoms with van der Waals surface area (Å²) < 4.78 is 22.7. The van der Waals surface area contributed by atoms with Gasteiger partial charge in [-0.15, -0.1) is 6.58 Å². The average Bonchev–Trinajstić information content (AvgIpc) is 3.26. The Balaban J connectivity index is 1.68. The standard InChI is InChI=1S/C20H20O5/c1-3-6-19-9-20(17(8-16(19)21)24-11-25-20)12(2)18(19)13-4-5-14-15(7-13)23-10-22-14/h3-5,7-8,12,18H,1,6,9-11H2,2H3. The van der Waals surface area contributed by atoms with Crippen LogP contribution < -0.4 is 9.47 Å². The lowest BCUT2D eigenvalue weighted by Gasteiger charge is -2.35. The maximum absolute atomic E-state index is 13.2. The molecule has 2 aliphatic carbocycles. The van der Waals surface area contributed by atoms with Gasteiger partial charge in [0, 0.05) is 23.3 Å². The minimum absolute atomic E-state index is 0.00273. The van der Waals surface area contributed by atoms with Gasteiger partial charge < -0.3 is 18.9 Å². The molecular weight excluding hydrogens is 320 g/mol. The molecule has 2 fully saturated rings. The van der Waals surface area contributed by atoms with Crippen LogP contribution in [0, 0.1) is 11.3 Å². The molecule has 2 heterocycles. The van der Waals surface area contributed by atoms with E-state index in [1.807, 2.05) is 24.3 Å². The van der Waals surface area contributed by atoms with E-state index in [2.05, 4.69) is 13.5 Å². The molecule has 5 heteroatoms. The fourth-order valence-electron chi connectivity index (χ4n) is 5.31. The number of benzene rings is 1. The Morgan fingerprint density at radius 2 is 2.08 bits per heavy atom. The molecule has 5 rings (SSSR count). The summed E-state index contributed by atoms with van der Waals surface area (Å²) in [5, 5.41) is 0. The number of fused-ring (bicyclic) bond motifs is 2. The molecule has 0 radical (unpaired) electrons. The van der Waals surface area contributed by atoms with Gasteiger partial charge in [-0.05, 0) is 30.5 Å². The molecule has 2 bridgehead atoms. The van der Waals surface area contributed by atoms with Crippen LogP contribution in [0.1, 0.15) is 31.2 Å². The zero-order valence-corrected chi connectivity index (χ0v) is 14.1. The molecule has 1 spiro atoms. The van der Waals surface area contributed by atoms with Crippen molar-refractivity contribution in [2.24, 2.45) is 11.3 Å². The first kappa shape index (κ1) is 15.0. The summed E-state index contributed by atoms with van der Waals surface area (Å²) in [5.74, 6) is 2.39. The molecule has 2 aliphatic heterocycles. The highest BCUT2D eigenvalue weighted by atomic mass is 16.7. The third-order valence-corrected chi connectivity index (χ3v) is 6.37. The van der Waals surface area contributed by atoms with Crippen molar-refractivity contribution in [3.8, 4) is 11.5 Å². The van der Waals surface area contributed by atoms with Crippen molar-refractivity contribution in [3.63, 3.8) is 0 Å². The lowest BCUT2D eigenvalue weighted by atomic mass is 9.67. The predicted octanol–water partition coefficient (Wildman–Crippen LogP) is 3.31. The van der Waals surface area contributed by atoms with Gasteiger partial charge in [0.2, 0.25) is 6.79 Å². The number of hydrogen-bond acceptors (Lipinski definition) is 5. The Labute approximate surface area is 146 Å². The highest BCUT2D eigenvalue weighted by Crippen LogP contribution is 2.66. The van der Waals surface area contributed by atoms with Gasteiger partial charge in [0.05, 0.1) is 0 Å². The molecule has 4 atom stereocenters. The van der Waals surface area contributed by atoms with Crippen LogP contribution >= 0.6 is 0 Å². The molecule has 4 unspecified atom stereocenters. The zero-order valence-electron chi connectivity index (χ0n) is 14.1. The number of hydrogen-bond donors (Lipinski definition) is 0. The zero-order chi connectivity index (χ0) is 17.2. The summed E-state index contributed by atoms with van der Waals surface area (Å²) >= 11 is 0. The molecule has 1 aromatic carbocycles.